The Hall–Kier alpha value is -3.36. The number of para-hydroxylation sites is 1. The van der Waals surface area contributed by atoms with Crippen molar-refractivity contribution in [3.8, 4) is 11.5 Å². The first-order valence-electron chi connectivity index (χ1n) is 8.94. The van der Waals surface area contributed by atoms with E-state index in [-0.39, 0.29) is 18.0 Å². The summed E-state index contributed by atoms with van der Waals surface area (Å²) in [5, 5.41) is 15.9. The molecule has 0 radical (unpaired) electrons. The van der Waals surface area contributed by atoms with Crippen LogP contribution in [0.2, 0.25) is 10.0 Å². The fraction of sp³-hybridized carbons (Fsp3) is 0.143. The number of methoxy groups -OCH3 is 1. The van der Waals surface area contributed by atoms with E-state index in [0.29, 0.717) is 27.1 Å². The maximum atomic E-state index is 12.5. The third-order valence-corrected chi connectivity index (χ3v) is 4.99. The molecule has 0 atom stereocenters. The quantitative estimate of drug-likeness (QED) is 0.200. The van der Waals surface area contributed by atoms with Crippen molar-refractivity contribution in [1.82, 2.24) is 9.78 Å². The van der Waals surface area contributed by atoms with Gasteiger partial charge in [-0.3, -0.25) is 19.6 Å². The van der Waals surface area contributed by atoms with E-state index in [9.17, 15) is 14.9 Å². The van der Waals surface area contributed by atoms with E-state index in [0.717, 1.165) is 5.56 Å². The van der Waals surface area contributed by atoms with Crippen molar-refractivity contribution in [2.75, 3.05) is 7.11 Å². The smallest absolute Gasteiger partial charge is 0.318 e. The SMILES string of the molecule is COc1cccc(/C=C/C(=O)c2nn(C)cc2[N+](=O)[O-])c1OCc1ccc(Cl)c(Cl)c1. The molecule has 8 nitrogen and oxygen atoms in total. The van der Waals surface area contributed by atoms with Gasteiger partial charge in [0.15, 0.2) is 11.5 Å². The van der Waals surface area contributed by atoms with Crippen molar-refractivity contribution in [3.63, 3.8) is 0 Å². The zero-order valence-corrected chi connectivity index (χ0v) is 18.1. The topological polar surface area (TPSA) is 96.5 Å². The number of benzene rings is 2. The minimum Gasteiger partial charge on any atom is -0.493 e. The second-order valence-corrected chi connectivity index (χ2v) is 7.22. The molecule has 1 heterocycles. The summed E-state index contributed by atoms with van der Waals surface area (Å²) in [7, 11) is 3.00. The van der Waals surface area contributed by atoms with Gasteiger partial charge in [-0.05, 0) is 35.9 Å². The van der Waals surface area contributed by atoms with Crippen LogP contribution in [0.1, 0.15) is 21.6 Å². The van der Waals surface area contributed by atoms with Crippen LogP contribution < -0.4 is 9.47 Å². The van der Waals surface area contributed by atoms with Crippen LogP contribution >= 0.6 is 23.2 Å². The number of halogens is 2. The van der Waals surface area contributed by atoms with Crippen molar-refractivity contribution in [2.24, 2.45) is 7.05 Å². The molecule has 0 saturated carbocycles. The highest BCUT2D eigenvalue weighted by atomic mass is 35.5. The van der Waals surface area contributed by atoms with E-state index in [2.05, 4.69) is 5.10 Å². The van der Waals surface area contributed by atoms with Crippen LogP contribution in [0, 0.1) is 10.1 Å². The minimum absolute atomic E-state index is 0.178. The largest absolute Gasteiger partial charge is 0.493 e. The molecule has 0 spiro atoms. The summed E-state index contributed by atoms with van der Waals surface area (Å²) < 4.78 is 12.5. The van der Waals surface area contributed by atoms with Crippen molar-refractivity contribution < 1.29 is 19.2 Å². The molecule has 2 aromatic carbocycles. The van der Waals surface area contributed by atoms with Gasteiger partial charge in [0.1, 0.15) is 12.8 Å². The fourth-order valence-corrected chi connectivity index (χ4v) is 3.11. The Morgan fingerprint density at radius 1 is 1.26 bits per heavy atom. The molecule has 0 unspecified atom stereocenters. The van der Waals surface area contributed by atoms with E-state index in [1.54, 1.807) is 36.4 Å². The van der Waals surface area contributed by atoms with Crippen LogP contribution in [-0.2, 0) is 13.7 Å². The summed E-state index contributed by atoms with van der Waals surface area (Å²) in [5.41, 5.74) is 0.727. The summed E-state index contributed by atoms with van der Waals surface area (Å²) in [6, 6.07) is 10.3. The van der Waals surface area contributed by atoms with Crippen LogP contribution in [0.25, 0.3) is 6.08 Å². The molecule has 160 valence electrons. The van der Waals surface area contributed by atoms with E-state index in [4.69, 9.17) is 32.7 Å². The van der Waals surface area contributed by atoms with Gasteiger partial charge in [0.2, 0.25) is 11.5 Å². The Morgan fingerprint density at radius 3 is 2.71 bits per heavy atom. The van der Waals surface area contributed by atoms with E-state index in [1.165, 1.54) is 37.2 Å². The summed E-state index contributed by atoms with van der Waals surface area (Å²) in [6.07, 6.45) is 3.88. The number of hydrogen-bond donors (Lipinski definition) is 0. The maximum absolute atomic E-state index is 12.5. The van der Waals surface area contributed by atoms with Crippen molar-refractivity contribution in [3.05, 3.63) is 85.7 Å². The molecule has 10 heteroatoms. The van der Waals surface area contributed by atoms with E-state index < -0.39 is 10.7 Å². The second-order valence-electron chi connectivity index (χ2n) is 6.41. The highest BCUT2D eigenvalue weighted by Crippen LogP contribution is 2.33. The highest BCUT2D eigenvalue weighted by Gasteiger charge is 2.23. The average Bonchev–Trinajstić information content (AvgIpc) is 3.15. The average molecular weight is 462 g/mol. The number of rotatable bonds is 8. The Labute approximate surface area is 187 Å². The molecule has 0 aliphatic carbocycles. The molecule has 0 N–H and O–H groups in total. The van der Waals surface area contributed by atoms with Gasteiger partial charge in [0.05, 0.1) is 22.1 Å². The number of nitro groups is 1. The van der Waals surface area contributed by atoms with Crippen LogP contribution in [-0.4, -0.2) is 27.6 Å². The number of aryl methyl sites for hydroxylation is 1. The predicted molar refractivity (Wildman–Crippen MR) is 117 cm³/mol. The van der Waals surface area contributed by atoms with Gasteiger partial charge in [-0.15, -0.1) is 0 Å². The van der Waals surface area contributed by atoms with Gasteiger partial charge in [-0.25, -0.2) is 0 Å². The minimum atomic E-state index is -0.647. The molecule has 0 bridgehead atoms. The van der Waals surface area contributed by atoms with E-state index >= 15 is 0 Å². The summed E-state index contributed by atoms with van der Waals surface area (Å²) in [4.78, 5) is 23.0. The third kappa shape index (κ3) is 5.22. The number of carbonyl (C=O) groups is 1. The van der Waals surface area contributed by atoms with Crippen LogP contribution in [0.15, 0.2) is 48.7 Å². The number of carbonyl (C=O) groups excluding carboxylic acids is 1. The maximum Gasteiger partial charge on any atom is 0.318 e. The fourth-order valence-electron chi connectivity index (χ4n) is 2.79. The zero-order valence-electron chi connectivity index (χ0n) is 16.5. The molecule has 0 aliphatic heterocycles. The van der Waals surface area contributed by atoms with Gasteiger partial charge >= 0.3 is 5.69 Å². The van der Waals surface area contributed by atoms with Gasteiger partial charge in [0.25, 0.3) is 0 Å². The van der Waals surface area contributed by atoms with Gasteiger partial charge in [0, 0.05) is 12.6 Å². The summed E-state index contributed by atoms with van der Waals surface area (Å²) in [5.74, 6) is 0.250. The number of hydrogen-bond acceptors (Lipinski definition) is 6. The van der Waals surface area contributed by atoms with Crippen molar-refractivity contribution in [2.45, 2.75) is 6.61 Å². The first-order chi connectivity index (χ1) is 14.8. The van der Waals surface area contributed by atoms with E-state index in [1.807, 2.05) is 0 Å². The van der Waals surface area contributed by atoms with Gasteiger partial charge in [-0.2, -0.15) is 5.10 Å². The molecule has 3 rings (SSSR count). The molecule has 0 fully saturated rings. The lowest BCUT2D eigenvalue weighted by molar-refractivity contribution is -0.385. The lowest BCUT2D eigenvalue weighted by atomic mass is 10.1. The van der Waals surface area contributed by atoms with Crippen LogP contribution in [0.3, 0.4) is 0 Å². The Kier molecular flexibility index (Phi) is 6.94. The van der Waals surface area contributed by atoms with Crippen molar-refractivity contribution in [1.29, 1.82) is 0 Å². The highest BCUT2D eigenvalue weighted by molar-refractivity contribution is 6.42. The predicted octanol–water partition coefficient (Wildman–Crippen LogP) is 5.12. The lowest BCUT2D eigenvalue weighted by Crippen LogP contribution is -2.02. The van der Waals surface area contributed by atoms with Crippen LogP contribution in [0.5, 0.6) is 11.5 Å². The molecule has 31 heavy (non-hydrogen) atoms. The number of aromatic nitrogens is 2. The Morgan fingerprint density at radius 2 is 2.03 bits per heavy atom. The van der Waals surface area contributed by atoms with Crippen LogP contribution in [0.4, 0.5) is 5.69 Å². The first kappa shape index (κ1) is 22.3. The monoisotopic (exact) mass is 461 g/mol. The summed E-state index contributed by atoms with van der Waals surface area (Å²) in [6.45, 7) is 0.178. The molecule has 1 aromatic heterocycles. The Balaban J connectivity index is 1.87. The number of nitrogens with zero attached hydrogens (tertiary/aromatic N) is 3. The third-order valence-electron chi connectivity index (χ3n) is 4.25. The molecular weight excluding hydrogens is 445 g/mol. The van der Waals surface area contributed by atoms with Gasteiger partial charge < -0.3 is 9.47 Å². The normalized spacial score (nSPS) is 11.0. The Bertz CT molecular complexity index is 1170. The first-order valence-corrected chi connectivity index (χ1v) is 9.70. The number of ketones is 1. The number of ether oxygens (including phenoxy) is 2. The number of allylic oxidation sites excluding steroid dienone is 1. The molecule has 0 amide bonds. The molecule has 0 saturated heterocycles. The molecule has 0 aliphatic rings. The van der Waals surface area contributed by atoms with Gasteiger partial charge in [-0.1, -0.05) is 41.4 Å². The summed E-state index contributed by atoms with van der Waals surface area (Å²) >= 11 is 12.0. The standard InChI is InChI=1S/C21H17Cl2N3O5/c1-25-11-17(26(28)29)20(24-25)18(27)9-7-14-4-3-5-19(30-2)21(14)31-12-13-6-8-15(22)16(23)10-13/h3-11H,12H2,1-2H3/b9-7+. The zero-order chi connectivity index (χ0) is 22.5. The molecular formula is C21H17Cl2N3O5. The molecule has 3 aromatic rings. The lowest BCUT2D eigenvalue weighted by Gasteiger charge is -2.13. The van der Waals surface area contributed by atoms with Crippen molar-refractivity contribution >= 4 is 40.7 Å². The second kappa shape index (κ2) is 9.63.